The smallest absolute Gasteiger partial charge is 0.271 e. The van der Waals surface area contributed by atoms with Gasteiger partial charge in [0.2, 0.25) is 5.91 Å². The highest BCUT2D eigenvalue weighted by Gasteiger charge is 2.18. The molecule has 4 rings (SSSR count). The minimum Gasteiger partial charge on any atom is -0.321 e. The minimum atomic E-state index is -0.273. The molecule has 0 fully saturated rings. The molecule has 0 saturated heterocycles. The number of rotatable bonds is 4. The standard InChI is InChI=1S/C19H20N4O2S/c24-17-10-9-15(22-23-17)19(25)20-13-7-5-12(6-8-13)11-18-21-14-3-1-2-4-16(14)26-18/h5-8H,1-4,9-11H2,(H,20,25)(H,23,24). The Morgan fingerprint density at radius 1 is 1.12 bits per heavy atom. The fraction of sp³-hybridized carbons (Fsp3) is 0.368. The fourth-order valence-electron chi connectivity index (χ4n) is 3.20. The first kappa shape index (κ1) is 16.9. The number of fused-ring (bicyclic) bond motifs is 1. The molecule has 26 heavy (non-hydrogen) atoms. The van der Waals surface area contributed by atoms with Crippen LogP contribution in [0.1, 0.15) is 46.8 Å². The van der Waals surface area contributed by atoms with Gasteiger partial charge in [0.25, 0.3) is 5.91 Å². The van der Waals surface area contributed by atoms with Crippen molar-refractivity contribution in [2.45, 2.75) is 44.9 Å². The summed E-state index contributed by atoms with van der Waals surface area (Å²) in [5.74, 6) is -0.430. The summed E-state index contributed by atoms with van der Waals surface area (Å²) >= 11 is 1.83. The monoisotopic (exact) mass is 368 g/mol. The van der Waals surface area contributed by atoms with E-state index in [1.54, 1.807) is 0 Å². The van der Waals surface area contributed by atoms with Crippen LogP contribution < -0.4 is 10.7 Å². The lowest BCUT2D eigenvalue weighted by Crippen LogP contribution is -2.32. The van der Waals surface area contributed by atoms with E-state index in [1.165, 1.54) is 40.4 Å². The molecule has 0 radical (unpaired) electrons. The number of benzene rings is 1. The van der Waals surface area contributed by atoms with Crippen molar-refractivity contribution in [3.8, 4) is 0 Å². The molecule has 134 valence electrons. The molecule has 0 unspecified atom stereocenters. The Morgan fingerprint density at radius 2 is 1.92 bits per heavy atom. The third-order valence-electron chi connectivity index (χ3n) is 4.62. The van der Waals surface area contributed by atoms with Gasteiger partial charge in [0.05, 0.1) is 10.7 Å². The maximum atomic E-state index is 12.2. The molecular formula is C19H20N4O2S. The van der Waals surface area contributed by atoms with Crippen LogP contribution in [0.5, 0.6) is 0 Å². The highest BCUT2D eigenvalue weighted by atomic mass is 32.1. The first-order chi connectivity index (χ1) is 12.7. The van der Waals surface area contributed by atoms with Gasteiger partial charge in [-0.25, -0.2) is 10.4 Å². The lowest BCUT2D eigenvalue weighted by Gasteiger charge is -2.12. The van der Waals surface area contributed by atoms with E-state index in [0.29, 0.717) is 18.6 Å². The lowest BCUT2D eigenvalue weighted by molar-refractivity contribution is -0.121. The highest BCUT2D eigenvalue weighted by Crippen LogP contribution is 2.28. The molecule has 0 bridgehead atoms. The van der Waals surface area contributed by atoms with Gasteiger partial charge in [-0.05, 0) is 43.4 Å². The van der Waals surface area contributed by atoms with Crippen molar-refractivity contribution in [3.63, 3.8) is 0 Å². The molecule has 0 spiro atoms. The highest BCUT2D eigenvalue weighted by molar-refractivity contribution is 7.11. The molecule has 0 atom stereocenters. The summed E-state index contributed by atoms with van der Waals surface area (Å²) in [6, 6.07) is 7.81. The number of carbonyl (C=O) groups is 2. The van der Waals surface area contributed by atoms with E-state index in [9.17, 15) is 9.59 Å². The molecular weight excluding hydrogens is 348 g/mol. The third-order valence-corrected chi connectivity index (χ3v) is 5.78. The largest absolute Gasteiger partial charge is 0.321 e. The average molecular weight is 368 g/mol. The van der Waals surface area contributed by atoms with Gasteiger partial charge in [-0.1, -0.05) is 12.1 Å². The van der Waals surface area contributed by atoms with Crippen molar-refractivity contribution in [2.24, 2.45) is 5.10 Å². The van der Waals surface area contributed by atoms with E-state index < -0.39 is 0 Å². The zero-order chi connectivity index (χ0) is 17.9. The minimum absolute atomic E-state index is 0.158. The molecule has 6 nitrogen and oxygen atoms in total. The van der Waals surface area contributed by atoms with Crippen LogP contribution in [0.4, 0.5) is 5.69 Å². The number of hydrogen-bond acceptors (Lipinski definition) is 5. The van der Waals surface area contributed by atoms with Crippen LogP contribution in [0, 0.1) is 0 Å². The molecule has 2 heterocycles. The van der Waals surface area contributed by atoms with Gasteiger partial charge in [0, 0.05) is 29.8 Å². The van der Waals surface area contributed by atoms with Crippen molar-refractivity contribution in [1.82, 2.24) is 10.4 Å². The number of nitrogens with zero attached hydrogens (tertiary/aromatic N) is 2. The van der Waals surface area contributed by atoms with Crippen LogP contribution in [0.2, 0.25) is 0 Å². The summed E-state index contributed by atoms with van der Waals surface area (Å²) in [6.07, 6.45) is 6.29. The summed E-state index contributed by atoms with van der Waals surface area (Å²) in [5.41, 5.74) is 5.88. The number of aryl methyl sites for hydroxylation is 2. The van der Waals surface area contributed by atoms with Crippen LogP contribution in [-0.4, -0.2) is 22.5 Å². The van der Waals surface area contributed by atoms with Gasteiger partial charge in [0.1, 0.15) is 5.71 Å². The molecule has 1 aromatic carbocycles. The van der Waals surface area contributed by atoms with E-state index in [-0.39, 0.29) is 11.8 Å². The second-order valence-corrected chi connectivity index (χ2v) is 7.77. The summed E-state index contributed by atoms with van der Waals surface area (Å²) in [6.45, 7) is 0. The van der Waals surface area contributed by atoms with Crippen molar-refractivity contribution in [3.05, 3.63) is 45.4 Å². The molecule has 2 amide bonds. The van der Waals surface area contributed by atoms with Crippen molar-refractivity contribution in [2.75, 3.05) is 5.32 Å². The van der Waals surface area contributed by atoms with Gasteiger partial charge < -0.3 is 5.32 Å². The van der Waals surface area contributed by atoms with Crippen LogP contribution in [-0.2, 0) is 28.9 Å². The van der Waals surface area contributed by atoms with E-state index in [4.69, 9.17) is 4.98 Å². The Balaban J connectivity index is 1.38. The van der Waals surface area contributed by atoms with Gasteiger partial charge in [0.15, 0.2) is 0 Å². The van der Waals surface area contributed by atoms with E-state index in [2.05, 4.69) is 15.8 Å². The number of amides is 2. The zero-order valence-corrected chi connectivity index (χ0v) is 15.2. The first-order valence-electron chi connectivity index (χ1n) is 8.90. The second-order valence-electron chi connectivity index (χ2n) is 6.61. The molecule has 1 aliphatic carbocycles. The van der Waals surface area contributed by atoms with Gasteiger partial charge >= 0.3 is 0 Å². The topological polar surface area (TPSA) is 83.5 Å². The van der Waals surface area contributed by atoms with E-state index in [1.807, 2.05) is 35.6 Å². The molecule has 7 heteroatoms. The summed E-state index contributed by atoms with van der Waals surface area (Å²) in [4.78, 5) is 29.5. The predicted octanol–water partition coefficient (Wildman–Crippen LogP) is 2.82. The molecule has 2 aliphatic rings. The van der Waals surface area contributed by atoms with Gasteiger partial charge in [-0.15, -0.1) is 11.3 Å². The lowest BCUT2D eigenvalue weighted by atomic mass is 10.0. The predicted molar refractivity (Wildman–Crippen MR) is 101 cm³/mol. The Morgan fingerprint density at radius 3 is 2.65 bits per heavy atom. The normalized spacial score (nSPS) is 16.5. The van der Waals surface area contributed by atoms with Crippen molar-refractivity contribution >= 4 is 34.6 Å². The number of carbonyl (C=O) groups excluding carboxylic acids is 2. The fourth-order valence-corrected chi connectivity index (χ4v) is 4.39. The molecule has 1 aliphatic heterocycles. The van der Waals surface area contributed by atoms with E-state index in [0.717, 1.165) is 18.5 Å². The van der Waals surface area contributed by atoms with Crippen molar-refractivity contribution < 1.29 is 9.59 Å². The number of aromatic nitrogens is 1. The quantitative estimate of drug-likeness (QED) is 0.870. The maximum absolute atomic E-state index is 12.2. The Kier molecular flexibility index (Phi) is 4.79. The Bertz CT molecular complexity index is 847. The number of hydrazone groups is 1. The molecule has 1 aromatic heterocycles. The third kappa shape index (κ3) is 3.83. The van der Waals surface area contributed by atoms with Crippen LogP contribution in [0.3, 0.4) is 0 Å². The number of thiazole rings is 1. The summed E-state index contributed by atoms with van der Waals surface area (Å²) < 4.78 is 0. The van der Waals surface area contributed by atoms with Crippen LogP contribution >= 0.6 is 11.3 Å². The molecule has 2 aromatic rings. The first-order valence-corrected chi connectivity index (χ1v) is 9.72. The van der Waals surface area contributed by atoms with Gasteiger partial charge in [-0.3, -0.25) is 9.59 Å². The van der Waals surface area contributed by atoms with E-state index >= 15 is 0 Å². The number of anilines is 1. The van der Waals surface area contributed by atoms with Gasteiger partial charge in [-0.2, -0.15) is 5.10 Å². The average Bonchev–Trinajstić information content (AvgIpc) is 3.06. The zero-order valence-electron chi connectivity index (χ0n) is 14.4. The Labute approximate surface area is 155 Å². The number of hydrogen-bond donors (Lipinski definition) is 2. The summed E-state index contributed by atoms with van der Waals surface area (Å²) in [7, 11) is 0. The summed E-state index contributed by atoms with van der Waals surface area (Å²) in [5, 5.41) is 7.80. The van der Waals surface area contributed by atoms with Crippen molar-refractivity contribution in [1.29, 1.82) is 0 Å². The van der Waals surface area contributed by atoms with Crippen LogP contribution in [0.15, 0.2) is 29.4 Å². The molecule has 0 saturated carbocycles. The maximum Gasteiger partial charge on any atom is 0.271 e. The molecule has 2 N–H and O–H groups in total. The van der Waals surface area contributed by atoms with Crippen LogP contribution in [0.25, 0.3) is 0 Å². The Hall–Kier alpha value is -2.54. The second kappa shape index (κ2) is 7.37. The number of nitrogens with one attached hydrogen (secondary N) is 2. The SMILES string of the molecule is O=C1CCC(C(=O)Nc2ccc(Cc3nc4c(s3)CCCC4)cc2)=NN1.